The van der Waals surface area contributed by atoms with Crippen LogP contribution in [-0.2, 0) is 6.54 Å². The summed E-state index contributed by atoms with van der Waals surface area (Å²) in [5.41, 5.74) is 1.21. The van der Waals surface area contributed by atoms with Gasteiger partial charge in [0.25, 0.3) is 5.91 Å². The van der Waals surface area contributed by atoms with E-state index in [1.54, 1.807) is 30.5 Å². The summed E-state index contributed by atoms with van der Waals surface area (Å²) in [6.45, 7) is 2.84. The molecule has 0 atom stereocenters. The Morgan fingerprint density at radius 1 is 1.04 bits per heavy atom. The number of halogens is 2. The zero-order valence-electron chi connectivity index (χ0n) is 15.1. The van der Waals surface area contributed by atoms with E-state index in [1.165, 1.54) is 6.07 Å². The molecule has 144 valence electrons. The molecule has 0 radical (unpaired) electrons. The average molecular weight is 417 g/mol. The quantitative estimate of drug-likeness (QED) is 0.551. The lowest BCUT2D eigenvalue weighted by Crippen LogP contribution is -2.23. The van der Waals surface area contributed by atoms with Gasteiger partial charge in [0.2, 0.25) is 5.88 Å². The molecule has 0 aliphatic carbocycles. The average Bonchev–Trinajstić information content (AvgIpc) is 2.68. The maximum absolute atomic E-state index is 12.3. The van der Waals surface area contributed by atoms with Crippen molar-refractivity contribution >= 4 is 29.1 Å². The number of carbonyl (C=O) groups is 1. The third-order valence-electron chi connectivity index (χ3n) is 3.79. The molecule has 0 saturated carbocycles. The summed E-state index contributed by atoms with van der Waals surface area (Å²) in [6, 6.07) is 15.6. The van der Waals surface area contributed by atoms with Gasteiger partial charge in [-0.25, -0.2) is 4.98 Å². The second-order valence-corrected chi connectivity index (χ2v) is 6.66. The molecule has 1 heterocycles. The summed E-state index contributed by atoms with van der Waals surface area (Å²) in [7, 11) is 0. The van der Waals surface area contributed by atoms with Crippen molar-refractivity contribution in [3.8, 4) is 17.4 Å². The van der Waals surface area contributed by atoms with Gasteiger partial charge in [0.1, 0.15) is 11.5 Å². The van der Waals surface area contributed by atoms with Crippen molar-refractivity contribution in [1.82, 2.24) is 10.3 Å². The number of aromatic nitrogens is 1. The van der Waals surface area contributed by atoms with Crippen molar-refractivity contribution in [2.24, 2.45) is 0 Å². The highest BCUT2D eigenvalue weighted by atomic mass is 35.5. The van der Waals surface area contributed by atoms with Crippen LogP contribution in [0.5, 0.6) is 17.4 Å². The van der Waals surface area contributed by atoms with Crippen LogP contribution in [0.15, 0.2) is 60.8 Å². The van der Waals surface area contributed by atoms with Crippen LogP contribution in [0.4, 0.5) is 0 Å². The van der Waals surface area contributed by atoms with Gasteiger partial charge in [0.15, 0.2) is 0 Å². The number of ether oxygens (including phenoxy) is 2. The highest BCUT2D eigenvalue weighted by Crippen LogP contribution is 2.23. The molecule has 3 aromatic rings. The molecule has 1 N–H and O–H groups in total. The molecule has 0 spiro atoms. The summed E-state index contributed by atoms with van der Waals surface area (Å²) in [5.74, 6) is 1.57. The van der Waals surface area contributed by atoms with Gasteiger partial charge < -0.3 is 14.8 Å². The molecule has 0 aliphatic rings. The van der Waals surface area contributed by atoms with E-state index < -0.39 is 0 Å². The Labute approximate surface area is 173 Å². The minimum atomic E-state index is -0.285. The summed E-state index contributed by atoms with van der Waals surface area (Å²) >= 11 is 11.9. The lowest BCUT2D eigenvalue weighted by molar-refractivity contribution is 0.0951. The van der Waals surface area contributed by atoms with Gasteiger partial charge in [-0.05, 0) is 61.0 Å². The predicted molar refractivity (Wildman–Crippen MR) is 110 cm³/mol. The number of hydrogen-bond donors (Lipinski definition) is 1. The summed E-state index contributed by atoms with van der Waals surface area (Å²) in [6.07, 6.45) is 1.63. The van der Waals surface area contributed by atoms with E-state index in [-0.39, 0.29) is 5.91 Å². The molecule has 0 unspecified atom stereocenters. The highest BCUT2D eigenvalue weighted by Gasteiger charge is 2.11. The number of carbonyl (C=O) groups excluding carboxylic acids is 1. The van der Waals surface area contributed by atoms with Gasteiger partial charge >= 0.3 is 0 Å². The van der Waals surface area contributed by atoms with Crippen molar-refractivity contribution in [3.63, 3.8) is 0 Å². The van der Waals surface area contributed by atoms with Crippen LogP contribution >= 0.6 is 23.2 Å². The number of benzene rings is 2. The Kier molecular flexibility index (Phi) is 6.74. The monoisotopic (exact) mass is 416 g/mol. The fourth-order valence-corrected chi connectivity index (χ4v) is 2.95. The fraction of sp³-hybridized carbons (Fsp3) is 0.143. The van der Waals surface area contributed by atoms with Gasteiger partial charge in [-0.3, -0.25) is 4.79 Å². The minimum absolute atomic E-state index is 0.285. The second-order valence-electron chi connectivity index (χ2n) is 5.82. The van der Waals surface area contributed by atoms with Crippen molar-refractivity contribution < 1.29 is 14.3 Å². The van der Waals surface area contributed by atoms with Gasteiger partial charge in [-0.15, -0.1) is 0 Å². The van der Waals surface area contributed by atoms with E-state index in [4.69, 9.17) is 32.7 Å². The zero-order valence-corrected chi connectivity index (χ0v) is 16.6. The SMILES string of the molecule is CCOc1ccc(Oc2cc(CNC(=O)c3ccc(Cl)cc3Cl)ccn2)cc1. The van der Waals surface area contributed by atoms with Crippen LogP contribution < -0.4 is 14.8 Å². The van der Waals surface area contributed by atoms with Crippen molar-refractivity contribution in [3.05, 3.63) is 82.0 Å². The molecule has 1 amide bonds. The molecule has 0 saturated heterocycles. The Morgan fingerprint density at radius 2 is 1.79 bits per heavy atom. The first-order chi connectivity index (χ1) is 13.5. The lowest BCUT2D eigenvalue weighted by atomic mass is 10.2. The second kappa shape index (κ2) is 9.44. The standard InChI is InChI=1S/C21H18Cl2N2O3/c1-2-27-16-4-6-17(7-5-16)28-20-11-14(9-10-24-20)13-25-21(26)18-8-3-15(22)12-19(18)23/h3-12H,2,13H2,1H3,(H,25,26). The first-order valence-corrected chi connectivity index (χ1v) is 9.39. The molecule has 2 aromatic carbocycles. The van der Waals surface area contributed by atoms with E-state index in [2.05, 4.69) is 10.3 Å². The van der Waals surface area contributed by atoms with Crippen LogP contribution in [0.1, 0.15) is 22.8 Å². The fourth-order valence-electron chi connectivity index (χ4n) is 2.46. The Balaban J connectivity index is 1.62. The minimum Gasteiger partial charge on any atom is -0.494 e. The first-order valence-electron chi connectivity index (χ1n) is 8.64. The van der Waals surface area contributed by atoms with Gasteiger partial charge in [-0.1, -0.05) is 23.2 Å². The Hall–Kier alpha value is -2.76. The zero-order chi connectivity index (χ0) is 19.9. The number of pyridine rings is 1. The molecule has 7 heteroatoms. The number of rotatable bonds is 7. The van der Waals surface area contributed by atoms with Gasteiger partial charge in [0.05, 0.1) is 17.2 Å². The van der Waals surface area contributed by atoms with E-state index >= 15 is 0 Å². The van der Waals surface area contributed by atoms with Gasteiger partial charge in [-0.2, -0.15) is 0 Å². The van der Waals surface area contributed by atoms with Crippen molar-refractivity contribution in [2.45, 2.75) is 13.5 Å². The molecule has 5 nitrogen and oxygen atoms in total. The maximum atomic E-state index is 12.3. The number of amides is 1. The molecular weight excluding hydrogens is 399 g/mol. The Morgan fingerprint density at radius 3 is 2.50 bits per heavy atom. The highest BCUT2D eigenvalue weighted by molar-refractivity contribution is 6.36. The number of hydrogen-bond acceptors (Lipinski definition) is 4. The summed E-state index contributed by atoms with van der Waals surface area (Å²) in [5, 5.41) is 3.61. The molecule has 0 bridgehead atoms. The normalized spacial score (nSPS) is 10.4. The van der Waals surface area contributed by atoms with E-state index in [0.717, 1.165) is 11.3 Å². The maximum Gasteiger partial charge on any atom is 0.253 e. The van der Waals surface area contributed by atoms with Gasteiger partial charge in [0, 0.05) is 23.8 Å². The molecular formula is C21H18Cl2N2O3. The lowest BCUT2D eigenvalue weighted by Gasteiger charge is -2.09. The molecule has 0 fully saturated rings. The Bertz CT molecular complexity index is 962. The first kappa shape index (κ1) is 20.0. The van der Waals surface area contributed by atoms with E-state index in [9.17, 15) is 4.79 Å². The smallest absolute Gasteiger partial charge is 0.253 e. The molecule has 1 aromatic heterocycles. The van der Waals surface area contributed by atoms with E-state index in [1.807, 2.05) is 31.2 Å². The third-order valence-corrected chi connectivity index (χ3v) is 4.33. The van der Waals surface area contributed by atoms with Crippen LogP contribution in [0.25, 0.3) is 0 Å². The predicted octanol–water partition coefficient (Wildman–Crippen LogP) is 5.51. The number of nitrogens with zero attached hydrogens (tertiary/aromatic N) is 1. The van der Waals surface area contributed by atoms with Crippen molar-refractivity contribution in [1.29, 1.82) is 0 Å². The summed E-state index contributed by atoms with van der Waals surface area (Å²) < 4.78 is 11.2. The third kappa shape index (κ3) is 5.38. The summed E-state index contributed by atoms with van der Waals surface area (Å²) in [4.78, 5) is 16.5. The van der Waals surface area contributed by atoms with Crippen LogP contribution in [0, 0.1) is 0 Å². The van der Waals surface area contributed by atoms with E-state index in [0.29, 0.717) is 40.4 Å². The number of nitrogens with one attached hydrogen (secondary N) is 1. The van der Waals surface area contributed by atoms with Crippen molar-refractivity contribution in [2.75, 3.05) is 6.61 Å². The molecule has 28 heavy (non-hydrogen) atoms. The van der Waals surface area contributed by atoms with Crippen LogP contribution in [0.3, 0.4) is 0 Å². The van der Waals surface area contributed by atoms with Crippen LogP contribution in [-0.4, -0.2) is 17.5 Å². The van der Waals surface area contributed by atoms with Crippen LogP contribution in [0.2, 0.25) is 10.0 Å². The largest absolute Gasteiger partial charge is 0.494 e. The molecule has 3 rings (SSSR count). The molecule has 0 aliphatic heterocycles. The topological polar surface area (TPSA) is 60.5 Å².